The summed E-state index contributed by atoms with van der Waals surface area (Å²) in [5, 5.41) is 22.4. The summed E-state index contributed by atoms with van der Waals surface area (Å²) in [6, 6.07) is 27.3. The molecule has 0 aliphatic carbocycles. The van der Waals surface area contributed by atoms with Gasteiger partial charge in [-0.2, -0.15) is 0 Å². The minimum Gasteiger partial charge on any atom is -0.444 e. The van der Waals surface area contributed by atoms with E-state index in [1.54, 1.807) is 57.2 Å². The number of hydrogen-bond acceptors (Lipinski definition) is 6. The molecule has 0 bridgehead atoms. The van der Waals surface area contributed by atoms with Gasteiger partial charge in [0, 0.05) is 32.5 Å². The molecule has 0 saturated heterocycles. The summed E-state index contributed by atoms with van der Waals surface area (Å²) >= 11 is 0. The van der Waals surface area contributed by atoms with Gasteiger partial charge in [0.05, 0.1) is 12.5 Å². The Morgan fingerprint density at radius 2 is 1.32 bits per heavy atom. The van der Waals surface area contributed by atoms with Crippen LogP contribution in [-0.4, -0.2) is 59.8 Å². The summed E-state index contributed by atoms with van der Waals surface area (Å²) in [4.78, 5) is 51.2. The first kappa shape index (κ1) is 33.8. The molecule has 0 aliphatic rings. The number of hydrogen-bond donors (Lipinski definition) is 5. The second-order valence-corrected chi connectivity index (χ2v) is 11.5. The van der Waals surface area contributed by atoms with Gasteiger partial charge in [0.15, 0.2) is 5.60 Å². The summed E-state index contributed by atoms with van der Waals surface area (Å²) in [5.74, 6) is -2.25. The van der Waals surface area contributed by atoms with Crippen molar-refractivity contribution in [2.24, 2.45) is 0 Å². The first-order valence-electron chi connectivity index (χ1n) is 14.6. The maximum absolute atomic E-state index is 13.5. The van der Waals surface area contributed by atoms with Crippen molar-refractivity contribution in [1.29, 1.82) is 0 Å². The van der Waals surface area contributed by atoms with Crippen molar-refractivity contribution in [2.45, 2.75) is 57.3 Å². The van der Waals surface area contributed by atoms with Crippen LogP contribution in [0, 0.1) is 0 Å². The molecule has 3 aromatic carbocycles. The average Bonchev–Trinajstić information content (AvgIpc) is 2.99. The van der Waals surface area contributed by atoms with Crippen LogP contribution in [-0.2, 0) is 32.1 Å². The second-order valence-electron chi connectivity index (χ2n) is 11.5. The fraction of sp³-hybridized carbons (Fsp3) is 0.353. The van der Waals surface area contributed by atoms with E-state index in [2.05, 4.69) is 21.3 Å². The number of carbonyl (C=O) groups excluding carboxylic acids is 4. The first-order valence-corrected chi connectivity index (χ1v) is 14.6. The molecule has 44 heavy (non-hydrogen) atoms. The van der Waals surface area contributed by atoms with Crippen LogP contribution in [0.5, 0.6) is 0 Å². The molecule has 2 atom stereocenters. The fourth-order valence-corrected chi connectivity index (χ4v) is 4.40. The summed E-state index contributed by atoms with van der Waals surface area (Å²) in [6.07, 6.45) is -0.657. The maximum atomic E-state index is 13.5. The van der Waals surface area contributed by atoms with Gasteiger partial charge in [-0.3, -0.25) is 14.4 Å². The van der Waals surface area contributed by atoms with E-state index in [4.69, 9.17) is 4.74 Å². The highest BCUT2D eigenvalue weighted by atomic mass is 16.6. The number of rotatable bonds is 14. The third-order valence-corrected chi connectivity index (χ3v) is 6.66. The van der Waals surface area contributed by atoms with E-state index in [9.17, 15) is 24.3 Å². The molecule has 234 valence electrons. The predicted octanol–water partition coefficient (Wildman–Crippen LogP) is 3.21. The van der Waals surface area contributed by atoms with Crippen LogP contribution in [0.1, 0.15) is 49.8 Å². The van der Waals surface area contributed by atoms with E-state index in [1.165, 1.54) is 0 Å². The Bertz CT molecular complexity index is 1360. The van der Waals surface area contributed by atoms with Crippen LogP contribution in [0.3, 0.4) is 0 Å². The molecule has 0 heterocycles. The van der Waals surface area contributed by atoms with Crippen molar-refractivity contribution >= 4 is 23.8 Å². The Balaban J connectivity index is 1.65. The third kappa shape index (κ3) is 11.5. The number of ether oxygens (including phenoxy) is 1. The van der Waals surface area contributed by atoms with Gasteiger partial charge < -0.3 is 31.1 Å². The number of amides is 4. The van der Waals surface area contributed by atoms with Crippen molar-refractivity contribution in [3.63, 3.8) is 0 Å². The number of alkyl carbamates (subject to hydrolysis) is 1. The number of aliphatic hydroxyl groups is 1. The van der Waals surface area contributed by atoms with Gasteiger partial charge in [0.1, 0.15) is 5.60 Å². The Morgan fingerprint density at radius 3 is 1.91 bits per heavy atom. The Kier molecular flexibility index (Phi) is 12.5. The largest absolute Gasteiger partial charge is 0.444 e. The van der Waals surface area contributed by atoms with Gasteiger partial charge in [-0.05, 0) is 37.5 Å². The van der Waals surface area contributed by atoms with Gasteiger partial charge in [0.2, 0.25) is 11.8 Å². The lowest BCUT2D eigenvalue weighted by molar-refractivity contribution is -0.140. The lowest BCUT2D eigenvalue weighted by Gasteiger charge is -2.29. The lowest BCUT2D eigenvalue weighted by atomic mass is 9.92. The van der Waals surface area contributed by atoms with Gasteiger partial charge in [-0.15, -0.1) is 0 Å². The smallest absolute Gasteiger partial charge is 0.407 e. The molecule has 10 heteroatoms. The number of nitrogens with one attached hydrogen (secondary N) is 4. The molecule has 0 saturated carbocycles. The topological polar surface area (TPSA) is 146 Å². The molecular weight excluding hydrogens is 560 g/mol. The SMILES string of the molecule is CC(C)(C)OC(=O)NCCC(=O)NC[C@H](C(=O)NC[C@](O)(Cc1ccccc1)C(=O)NCc1ccccc1)c1ccccc1. The molecule has 0 aromatic heterocycles. The van der Waals surface area contributed by atoms with E-state index < -0.39 is 35.0 Å². The summed E-state index contributed by atoms with van der Waals surface area (Å²) in [5.41, 5.74) is -0.349. The summed E-state index contributed by atoms with van der Waals surface area (Å²) in [6.45, 7) is 5.13. The number of carbonyl (C=O) groups is 4. The minimum atomic E-state index is -1.94. The zero-order valence-electron chi connectivity index (χ0n) is 25.5. The standard InChI is InChI=1S/C34H42N4O6/c1-33(2,3)44-32(42)35-20-19-29(39)36-23-28(27-17-11-6-12-18-27)30(40)38-24-34(43,21-25-13-7-4-8-14-25)31(41)37-22-26-15-9-5-10-16-26/h4-18,28,43H,19-24H2,1-3H3,(H,35,42)(H,36,39)(H,37,41)(H,38,40)/t28-,34+/m0/s1. The van der Waals surface area contributed by atoms with Crippen molar-refractivity contribution in [3.05, 3.63) is 108 Å². The maximum Gasteiger partial charge on any atom is 0.407 e. The molecule has 3 rings (SSSR count). The molecule has 4 amide bonds. The van der Waals surface area contributed by atoms with Crippen LogP contribution < -0.4 is 21.3 Å². The van der Waals surface area contributed by atoms with Crippen molar-refractivity contribution < 1.29 is 29.0 Å². The van der Waals surface area contributed by atoms with Crippen LogP contribution in [0.2, 0.25) is 0 Å². The van der Waals surface area contributed by atoms with Crippen molar-refractivity contribution in [1.82, 2.24) is 21.3 Å². The molecule has 0 radical (unpaired) electrons. The fourth-order valence-electron chi connectivity index (χ4n) is 4.40. The molecule has 0 unspecified atom stereocenters. The molecule has 3 aromatic rings. The van der Waals surface area contributed by atoms with Crippen molar-refractivity contribution in [3.8, 4) is 0 Å². The van der Waals surface area contributed by atoms with Crippen LogP contribution in [0.15, 0.2) is 91.0 Å². The van der Waals surface area contributed by atoms with Gasteiger partial charge in [0.25, 0.3) is 5.91 Å². The zero-order valence-corrected chi connectivity index (χ0v) is 25.5. The monoisotopic (exact) mass is 602 g/mol. The summed E-state index contributed by atoms with van der Waals surface area (Å²) in [7, 11) is 0. The molecule has 10 nitrogen and oxygen atoms in total. The Morgan fingerprint density at radius 1 is 0.750 bits per heavy atom. The van der Waals surface area contributed by atoms with Gasteiger partial charge in [-0.1, -0.05) is 91.0 Å². The molecule has 0 spiro atoms. The van der Waals surface area contributed by atoms with E-state index in [-0.39, 0.29) is 44.9 Å². The zero-order chi connectivity index (χ0) is 32.0. The quantitative estimate of drug-likeness (QED) is 0.192. The van der Waals surface area contributed by atoms with E-state index in [0.717, 1.165) is 11.1 Å². The number of benzene rings is 3. The van der Waals surface area contributed by atoms with Crippen molar-refractivity contribution in [2.75, 3.05) is 19.6 Å². The predicted molar refractivity (Wildman–Crippen MR) is 167 cm³/mol. The van der Waals surface area contributed by atoms with Gasteiger partial charge >= 0.3 is 6.09 Å². The van der Waals surface area contributed by atoms with Crippen LogP contribution in [0.4, 0.5) is 4.79 Å². The highest BCUT2D eigenvalue weighted by Crippen LogP contribution is 2.18. The molecule has 5 N–H and O–H groups in total. The highest BCUT2D eigenvalue weighted by molar-refractivity contribution is 5.88. The van der Waals surface area contributed by atoms with E-state index >= 15 is 0 Å². The van der Waals surface area contributed by atoms with Crippen LogP contribution in [0.25, 0.3) is 0 Å². The highest BCUT2D eigenvalue weighted by Gasteiger charge is 2.37. The van der Waals surface area contributed by atoms with E-state index in [1.807, 2.05) is 54.6 Å². The normalized spacial score (nSPS) is 13.1. The Labute approximate surface area is 258 Å². The molecular formula is C34H42N4O6. The second kappa shape index (κ2) is 16.2. The molecule has 0 fully saturated rings. The third-order valence-electron chi connectivity index (χ3n) is 6.66. The minimum absolute atomic E-state index is 0.0131. The first-order chi connectivity index (χ1) is 20.9. The van der Waals surface area contributed by atoms with E-state index in [0.29, 0.717) is 5.56 Å². The average molecular weight is 603 g/mol. The van der Waals surface area contributed by atoms with Gasteiger partial charge in [-0.25, -0.2) is 4.79 Å². The lowest BCUT2D eigenvalue weighted by Crippen LogP contribution is -2.56. The summed E-state index contributed by atoms with van der Waals surface area (Å²) < 4.78 is 5.17. The Hall–Kier alpha value is -4.70. The van der Waals surface area contributed by atoms with Crippen LogP contribution >= 0.6 is 0 Å². The molecule has 0 aliphatic heterocycles.